The number of amides is 1. The normalized spacial score (nSPS) is 17.4. The van der Waals surface area contributed by atoms with Gasteiger partial charge in [0.1, 0.15) is 0 Å². The van der Waals surface area contributed by atoms with Crippen molar-refractivity contribution in [2.75, 3.05) is 26.2 Å². The first-order chi connectivity index (χ1) is 11.2. The summed E-state index contributed by atoms with van der Waals surface area (Å²) in [7, 11) is 0. The first-order valence-electron chi connectivity index (χ1n) is 8.08. The summed E-state index contributed by atoms with van der Waals surface area (Å²) >= 11 is 1.50. The molecule has 1 saturated heterocycles. The second-order valence-corrected chi connectivity index (χ2v) is 6.73. The topological polar surface area (TPSA) is 62.5 Å². The molecule has 0 aliphatic carbocycles. The smallest absolute Gasteiger partial charge is 0.264 e. The number of nitrogens with zero attached hydrogens (tertiary/aromatic N) is 4. The van der Waals surface area contributed by atoms with Gasteiger partial charge in [0.15, 0.2) is 5.82 Å². The Balaban J connectivity index is 1.56. The van der Waals surface area contributed by atoms with Gasteiger partial charge in [-0.1, -0.05) is 18.1 Å². The Morgan fingerprint density at radius 2 is 2.17 bits per heavy atom. The van der Waals surface area contributed by atoms with Crippen LogP contribution in [-0.4, -0.2) is 52.0 Å². The number of aromatic nitrogens is 2. The Kier molecular flexibility index (Phi) is 5.07. The molecule has 2 aromatic rings. The van der Waals surface area contributed by atoms with Gasteiger partial charge in [0.2, 0.25) is 5.89 Å². The molecule has 23 heavy (non-hydrogen) atoms. The van der Waals surface area contributed by atoms with Crippen LogP contribution in [0.4, 0.5) is 0 Å². The molecule has 6 nitrogen and oxygen atoms in total. The first kappa shape index (κ1) is 16.1. The fraction of sp³-hybridized carbons (Fsp3) is 0.562. The maximum Gasteiger partial charge on any atom is 0.264 e. The van der Waals surface area contributed by atoms with E-state index in [9.17, 15) is 4.79 Å². The van der Waals surface area contributed by atoms with Gasteiger partial charge in [-0.05, 0) is 24.8 Å². The molecule has 0 N–H and O–H groups in total. The second kappa shape index (κ2) is 7.23. The lowest BCUT2D eigenvalue weighted by atomic mass is 10.2. The average molecular weight is 334 g/mol. The molecule has 0 unspecified atom stereocenters. The highest BCUT2D eigenvalue weighted by Crippen LogP contribution is 2.21. The summed E-state index contributed by atoms with van der Waals surface area (Å²) in [6.07, 6.45) is 1.86. The number of hydrogen-bond donors (Lipinski definition) is 0. The quantitative estimate of drug-likeness (QED) is 0.841. The fourth-order valence-corrected chi connectivity index (χ4v) is 3.48. The van der Waals surface area contributed by atoms with Gasteiger partial charge in [-0.25, -0.2) is 0 Å². The molecular formula is C16H22N4O2S. The van der Waals surface area contributed by atoms with E-state index in [1.54, 1.807) is 0 Å². The predicted octanol–water partition coefficient (Wildman–Crippen LogP) is 2.60. The van der Waals surface area contributed by atoms with Crippen molar-refractivity contribution < 1.29 is 9.32 Å². The largest absolute Gasteiger partial charge is 0.338 e. The molecule has 0 radical (unpaired) electrons. The van der Waals surface area contributed by atoms with E-state index in [0.29, 0.717) is 5.89 Å². The van der Waals surface area contributed by atoms with E-state index in [-0.39, 0.29) is 11.9 Å². The van der Waals surface area contributed by atoms with Gasteiger partial charge in [0.25, 0.3) is 5.91 Å². The van der Waals surface area contributed by atoms with Crippen molar-refractivity contribution in [3.05, 3.63) is 34.1 Å². The van der Waals surface area contributed by atoms with Crippen LogP contribution in [0.1, 0.15) is 47.7 Å². The number of aryl methyl sites for hydroxylation is 1. The molecule has 0 aromatic carbocycles. The SMILES string of the molecule is CCCc1noc([C@H](C)N2CCN(C(=O)c3cccs3)CC2)n1. The summed E-state index contributed by atoms with van der Waals surface area (Å²) in [4.78, 5) is 21.9. The number of rotatable bonds is 5. The number of piperazine rings is 1. The van der Waals surface area contributed by atoms with Gasteiger partial charge in [-0.2, -0.15) is 4.98 Å². The van der Waals surface area contributed by atoms with Crippen molar-refractivity contribution in [2.45, 2.75) is 32.7 Å². The lowest BCUT2D eigenvalue weighted by molar-refractivity contribution is 0.0556. The van der Waals surface area contributed by atoms with Gasteiger partial charge in [-0.15, -0.1) is 11.3 Å². The Morgan fingerprint density at radius 1 is 1.39 bits per heavy atom. The Bertz CT molecular complexity index is 632. The molecule has 1 atom stereocenters. The molecule has 0 bridgehead atoms. The van der Waals surface area contributed by atoms with Crippen LogP contribution < -0.4 is 0 Å². The Hall–Kier alpha value is -1.73. The Morgan fingerprint density at radius 3 is 2.83 bits per heavy atom. The van der Waals surface area contributed by atoms with Crippen molar-refractivity contribution >= 4 is 17.2 Å². The highest BCUT2D eigenvalue weighted by atomic mass is 32.1. The van der Waals surface area contributed by atoms with Crippen LogP contribution in [-0.2, 0) is 6.42 Å². The van der Waals surface area contributed by atoms with Crippen LogP contribution in [0.3, 0.4) is 0 Å². The molecule has 1 aliphatic rings. The summed E-state index contributed by atoms with van der Waals surface area (Å²) in [5.41, 5.74) is 0. The zero-order valence-electron chi connectivity index (χ0n) is 13.6. The van der Waals surface area contributed by atoms with Crippen molar-refractivity contribution in [3.63, 3.8) is 0 Å². The van der Waals surface area contributed by atoms with Crippen molar-refractivity contribution in [3.8, 4) is 0 Å². The van der Waals surface area contributed by atoms with Gasteiger partial charge >= 0.3 is 0 Å². The monoisotopic (exact) mass is 334 g/mol. The lowest BCUT2D eigenvalue weighted by Crippen LogP contribution is -2.49. The number of carbonyl (C=O) groups is 1. The van der Waals surface area contributed by atoms with Crippen molar-refractivity contribution in [1.82, 2.24) is 19.9 Å². The van der Waals surface area contributed by atoms with Crippen LogP contribution in [0.15, 0.2) is 22.0 Å². The maximum atomic E-state index is 12.4. The van der Waals surface area contributed by atoms with E-state index in [1.807, 2.05) is 22.4 Å². The molecule has 1 aliphatic heterocycles. The third-order valence-corrected chi connectivity index (χ3v) is 5.05. The fourth-order valence-electron chi connectivity index (χ4n) is 2.79. The van der Waals surface area contributed by atoms with Crippen LogP contribution in [0.2, 0.25) is 0 Å². The van der Waals surface area contributed by atoms with E-state index < -0.39 is 0 Å². The minimum absolute atomic E-state index is 0.0899. The number of hydrogen-bond acceptors (Lipinski definition) is 6. The van der Waals surface area contributed by atoms with Gasteiger partial charge in [0.05, 0.1) is 10.9 Å². The van der Waals surface area contributed by atoms with Crippen LogP contribution in [0.25, 0.3) is 0 Å². The molecule has 0 saturated carbocycles. The molecule has 0 spiro atoms. The molecule has 3 rings (SSSR count). The zero-order valence-corrected chi connectivity index (χ0v) is 14.4. The summed E-state index contributed by atoms with van der Waals surface area (Å²) in [5, 5.41) is 5.96. The number of thiophene rings is 1. The summed E-state index contributed by atoms with van der Waals surface area (Å²) in [6, 6.07) is 3.89. The molecule has 2 aromatic heterocycles. The molecular weight excluding hydrogens is 312 g/mol. The molecule has 1 fully saturated rings. The minimum atomic E-state index is 0.0899. The van der Waals surface area contributed by atoms with E-state index in [0.717, 1.165) is 49.7 Å². The van der Waals surface area contributed by atoms with E-state index in [1.165, 1.54) is 11.3 Å². The summed E-state index contributed by atoms with van der Waals surface area (Å²) in [6.45, 7) is 7.30. The minimum Gasteiger partial charge on any atom is -0.338 e. The lowest BCUT2D eigenvalue weighted by Gasteiger charge is -2.36. The first-order valence-corrected chi connectivity index (χ1v) is 8.96. The molecule has 1 amide bonds. The van der Waals surface area contributed by atoms with Crippen LogP contribution >= 0.6 is 11.3 Å². The molecule has 3 heterocycles. The standard InChI is InChI=1S/C16H22N4O2S/c1-3-5-14-17-15(22-18-14)12(2)19-7-9-20(10-8-19)16(21)13-6-4-11-23-13/h4,6,11-12H,3,5,7-10H2,1-2H3/t12-/m0/s1. The Labute approximate surface area is 140 Å². The maximum absolute atomic E-state index is 12.4. The second-order valence-electron chi connectivity index (χ2n) is 5.78. The average Bonchev–Trinajstić information content (AvgIpc) is 3.26. The van der Waals surface area contributed by atoms with Gasteiger partial charge in [-0.3, -0.25) is 9.69 Å². The highest BCUT2D eigenvalue weighted by Gasteiger charge is 2.28. The van der Waals surface area contributed by atoms with Crippen molar-refractivity contribution in [1.29, 1.82) is 0 Å². The van der Waals surface area contributed by atoms with Crippen LogP contribution in [0.5, 0.6) is 0 Å². The van der Waals surface area contributed by atoms with E-state index in [2.05, 4.69) is 28.9 Å². The number of carbonyl (C=O) groups excluding carboxylic acids is 1. The van der Waals surface area contributed by atoms with Gasteiger partial charge < -0.3 is 9.42 Å². The van der Waals surface area contributed by atoms with E-state index >= 15 is 0 Å². The highest BCUT2D eigenvalue weighted by molar-refractivity contribution is 7.12. The summed E-state index contributed by atoms with van der Waals surface area (Å²) < 4.78 is 5.38. The zero-order chi connectivity index (χ0) is 16.2. The third-order valence-electron chi connectivity index (χ3n) is 4.20. The molecule has 7 heteroatoms. The molecule has 124 valence electrons. The van der Waals surface area contributed by atoms with Crippen molar-refractivity contribution in [2.24, 2.45) is 0 Å². The third kappa shape index (κ3) is 3.61. The predicted molar refractivity (Wildman–Crippen MR) is 88.5 cm³/mol. The van der Waals surface area contributed by atoms with E-state index in [4.69, 9.17) is 4.52 Å². The van der Waals surface area contributed by atoms with Gasteiger partial charge in [0, 0.05) is 32.6 Å². The summed E-state index contributed by atoms with van der Waals surface area (Å²) in [5.74, 6) is 1.59. The van der Waals surface area contributed by atoms with Crippen LogP contribution in [0, 0.1) is 0 Å².